The third-order valence-corrected chi connectivity index (χ3v) is 3.81. The molecular weight excluding hydrogens is 286 g/mol. The van der Waals surface area contributed by atoms with Crippen molar-refractivity contribution in [2.75, 3.05) is 0 Å². The van der Waals surface area contributed by atoms with Gasteiger partial charge in [-0.25, -0.2) is 0 Å². The Labute approximate surface area is 136 Å². The second-order valence-corrected chi connectivity index (χ2v) is 5.69. The Hall–Kier alpha value is -2.46. The van der Waals surface area contributed by atoms with Gasteiger partial charge in [0.05, 0.1) is 6.10 Å². The predicted octanol–water partition coefficient (Wildman–Crippen LogP) is 4.14. The van der Waals surface area contributed by atoms with E-state index in [1.54, 1.807) is 0 Å². The first-order chi connectivity index (χ1) is 11.3. The van der Waals surface area contributed by atoms with Crippen LogP contribution in [0.1, 0.15) is 37.5 Å². The number of rotatable bonds is 0. The number of nitrogens with one attached hydrogen (secondary N) is 1. The first-order valence-electron chi connectivity index (χ1n) is 8.02. The molecule has 4 nitrogen and oxygen atoms in total. The van der Waals surface area contributed by atoms with E-state index in [-0.39, 0.29) is 0 Å². The van der Waals surface area contributed by atoms with Crippen molar-refractivity contribution < 1.29 is 5.11 Å². The van der Waals surface area contributed by atoms with Crippen molar-refractivity contribution >= 4 is 0 Å². The van der Waals surface area contributed by atoms with Gasteiger partial charge in [0, 0.05) is 17.5 Å². The summed E-state index contributed by atoms with van der Waals surface area (Å²) >= 11 is 0. The Morgan fingerprint density at radius 2 is 1.52 bits per heavy atom. The summed E-state index contributed by atoms with van der Waals surface area (Å²) in [6.07, 6.45) is 1.30. The van der Waals surface area contributed by atoms with E-state index in [9.17, 15) is 5.11 Å². The molecule has 1 heterocycles. The third kappa shape index (κ3) is 2.90. The van der Waals surface area contributed by atoms with E-state index in [0.717, 1.165) is 33.6 Å². The number of aromatic amines is 1. The highest BCUT2D eigenvalue weighted by Gasteiger charge is 2.24. The van der Waals surface area contributed by atoms with Crippen molar-refractivity contribution in [3.05, 3.63) is 59.7 Å². The zero-order chi connectivity index (χ0) is 16.2. The van der Waals surface area contributed by atoms with E-state index < -0.39 is 6.10 Å². The van der Waals surface area contributed by atoms with E-state index in [4.69, 9.17) is 0 Å². The van der Waals surface area contributed by atoms with Crippen LogP contribution in [-0.4, -0.2) is 20.5 Å². The first-order valence-corrected chi connectivity index (χ1v) is 8.02. The molecule has 0 radical (unpaired) electrons. The van der Waals surface area contributed by atoms with Crippen LogP contribution in [0.5, 0.6) is 0 Å². The molecule has 0 aliphatic heterocycles. The molecule has 1 unspecified atom stereocenters. The van der Waals surface area contributed by atoms with Crippen molar-refractivity contribution in [3.8, 4) is 22.5 Å². The number of H-pyrrole nitrogens is 1. The minimum atomic E-state index is -0.530. The van der Waals surface area contributed by atoms with Gasteiger partial charge in [0.25, 0.3) is 0 Å². The molecule has 118 valence electrons. The molecule has 4 heteroatoms. The van der Waals surface area contributed by atoms with Gasteiger partial charge in [-0.3, -0.25) is 0 Å². The molecular formula is C19H21N3O. The Kier molecular flexibility index (Phi) is 4.53. The molecule has 1 aliphatic carbocycles. The Bertz CT molecular complexity index is 795. The zero-order valence-electron chi connectivity index (χ0n) is 13.5. The minimum absolute atomic E-state index is 0.530. The van der Waals surface area contributed by atoms with Crippen LogP contribution in [0.3, 0.4) is 0 Å². The maximum absolute atomic E-state index is 10.5. The fourth-order valence-corrected chi connectivity index (χ4v) is 2.86. The van der Waals surface area contributed by atoms with Crippen molar-refractivity contribution in [2.24, 2.45) is 0 Å². The Morgan fingerprint density at radius 1 is 0.957 bits per heavy atom. The fourth-order valence-electron chi connectivity index (χ4n) is 2.86. The average Bonchev–Trinajstić information content (AvgIpc) is 3.04. The standard InChI is InChI=1S/C16H13N3O.C3H8/c20-14-9-10-5-1-2-6-11(10)15-16(18-19-17-15)13-8-4-3-7-12(13)14;1-3-2/h1-8,14,20H,9H2,(H,17,18,19);3H2,1-2H3. The van der Waals surface area contributed by atoms with E-state index in [1.165, 1.54) is 6.42 Å². The molecule has 0 bridgehead atoms. The van der Waals surface area contributed by atoms with E-state index >= 15 is 0 Å². The fraction of sp³-hybridized carbons (Fsp3) is 0.263. The zero-order valence-corrected chi connectivity index (χ0v) is 13.5. The summed E-state index contributed by atoms with van der Waals surface area (Å²) in [5, 5.41) is 21.8. The smallest absolute Gasteiger partial charge is 0.121 e. The van der Waals surface area contributed by atoms with Gasteiger partial charge in [0.2, 0.25) is 0 Å². The second-order valence-electron chi connectivity index (χ2n) is 5.69. The van der Waals surface area contributed by atoms with Crippen LogP contribution >= 0.6 is 0 Å². The number of hydrogen-bond donors (Lipinski definition) is 2. The molecule has 2 aromatic carbocycles. The second kappa shape index (κ2) is 6.75. The number of hydrogen-bond acceptors (Lipinski definition) is 3. The van der Waals surface area contributed by atoms with Crippen LogP contribution in [0.25, 0.3) is 22.5 Å². The number of aliphatic hydroxyl groups is 1. The number of aliphatic hydroxyl groups excluding tert-OH is 1. The molecule has 1 atom stereocenters. The number of benzene rings is 2. The van der Waals surface area contributed by atoms with Gasteiger partial charge >= 0.3 is 0 Å². The topological polar surface area (TPSA) is 61.8 Å². The predicted molar refractivity (Wildman–Crippen MR) is 91.9 cm³/mol. The molecule has 1 aliphatic rings. The van der Waals surface area contributed by atoms with Crippen molar-refractivity contribution in [1.82, 2.24) is 15.4 Å². The summed E-state index contributed by atoms with van der Waals surface area (Å²) in [6, 6.07) is 15.9. The van der Waals surface area contributed by atoms with Gasteiger partial charge in [-0.15, -0.1) is 0 Å². The van der Waals surface area contributed by atoms with Crippen LogP contribution in [0, 0.1) is 0 Å². The molecule has 1 aromatic heterocycles. The normalized spacial score (nSPS) is 15.2. The van der Waals surface area contributed by atoms with Crippen LogP contribution in [0.2, 0.25) is 0 Å². The molecule has 0 spiro atoms. The van der Waals surface area contributed by atoms with Gasteiger partial charge in [0.1, 0.15) is 11.4 Å². The van der Waals surface area contributed by atoms with Gasteiger partial charge in [0.15, 0.2) is 0 Å². The summed E-state index contributed by atoms with van der Waals surface area (Å²) in [5.74, 6) is 0. The number of aromatic nitrogens is 3. The average molecular weight is 307 g/mol. The van der Waals surface area contributed by atoms with Crippen LogP contribution in [-0.2, 0) is 6.42 Å². The monoisotopic (exact) mass is 307 g/mol. The highest BCUT2D eigenvalue weighted by molar-refractivity contribution is 5.81. The lowest BCUT2D eigenvalue weighted by molar-refractivity contribution is 0.179. The van der Waals surface area contributed by atoms with E-state index in [2.05, 4.69) is 29.3 Å². The van der Waals surface area contributed by atoms with E-state index in [1.807, 2.05) is 48.5 Å². The molecule has 4 rings (SSSR count). The summed E-state index contributed by atoms with van der Waals surface area (Å²) in [4.78, 5) is 0. The van der Waals surface area contributed by atoms with Gasteiger partial charge in [-0.05, 0) is 11.1 Å². The van der Waals surface area contributed by atoms with Crippen molar-refractivity contribution in [2.45, 2.75) is 32.8 Å². The first kappa shape index (κ1) is 15.4. The van der Waals surface area contributed by atoms with Crippen molar-refractivity contribution in [3.63, 3.8) is 0 Å². The molecule has 0 fully saturated rings. The molecule has 0 saturated carbocycles. The SMILES string of the molecule is CCC.OC1Cc2ccccc2-c2n[nH]nc2-c2ccccc21. The van der Waals surface area contributed by atoms with Crippen molar-refractivity contribution in [1.29, 1.82) is 0 Å². The third-order valence-electron chi connectivity index (χ3n) is 3.81. The molecule has 0 saturated heterocycles. The van der Waals surface area contributed by atoms with Crippen LogP contribution in [0.15, 0.2) is 48.5 Å². The highest BCUT2D eigenvalue weighted by atomic mass is 16.3. The molecule has 3 aromatic rings. The van der Waals surface area contributed by atoms with Crippen LogP contribution < -0.4 is 0 Å². The maximum Gasteiger partial charge on any atom is 0.121 e. The number of fused-ring (bicyclic) bond motifs is 5. The van der Waals surface area contributed by atoms with Crippen LogP contribution in [0.4, 0.5) is 0 Å². The Morgan fingerprint density at radius 3 is 2.26 bits per heavy atom. The highest BCUT2D eigenvalue weighted by Crippen LogP contribution is 2.38. The molecule has 23 heavy (non-hydrogen) atoms. The molecule has 2 N–H and O–H groups in total. The van der Waals surface area contributed by atoms with Gasteiger partial charge in [-0.1, -0.05) is 68.8 Å². The van der Waals surface area contributed by atoms with Gasteiger partial charge < -0.3 is 5.11 Å². The lowest BCUT2D eigenvalue weighted by atomic mass is 9.88. The lowest BCUT2D eigenvalue weighted by Gasteiger charge is -2.20. The summed E-state index contributed by atoms with van der Waals surface area (Å²) < 4.78 is 0. The largest absolute Gasteiger partial charge is 0.388 e. The number of nitrogens with zero attached hydrogens (tertiary/aromatic N) is 2. The summed E-state index contributed by atoms with van der Waals surface area (Å²) in [7, 11) is 0. The van der Waals surface area contributed by atoms with Gasteiger partial charge in [-0.2, -0.15) is 15.4 Å². The summed E-state index contributed by atoms with van der Waals surface area (Å²) in [5.41, 5.74) is 5.61. The van der Waals surface area contributed by atoms with E-state index in [0.29, 0.717) is 6.42 Å². The maximum atomic E-state index is 10.5. The molecule has 0 amide bonds. The lowest BCUT2D eigenvalue weighted by Crippen LogP contribution is -2.07. The summed E-state index contributed by atoms with van der Waals surface area (Å²) in [6.45, 7) is 4.25. The quantitative estimate of drug-likeness (QED) is 0.656. The Balaban J connectivity index is 0.000000485. The minimum Gasteiger partial charge on any atom is -0.388 e.